The van der Waals surface area contributed by atoms with Gasteiger partial charge in [0, 0.05) is 42.8 Å². The van der Waals surface area contributed by atoms with Crippen LogP contribution in [0.3, 0.4) is 0 Å². The molecule has 6 heteroatoms. The first-order valence-corrected chi connectivity index (χ1v) is 8.12. The van der Waals surface area contributed by atoms with Crippen LogP contribution in [-0.4, -0.2) is 54.0 Å². The molecule has 0 atom stereocenters. The molecule has 0 radical (unpaired) electrons. The second-order valence-electron chi connectivity index (χ2n) is 5.81. The molecule has 3 rings (SSSR count). The number of hydrogen-bond donors (Lipinski definition) is 1. The third kappa shape index (κ3) is 3.19. The molecule has 0 unspecified atom stereocenters. The molecule has 2 aliphatic heterocycles. The predicted octanol–water partition coefficient (Wildman–Crippen LogP) is 2.36. The standard InChI is InChI=1S/C16H20ClN3O2/c17-13-4-1-3-12(11-13)15(21)19-9-5-14(6-10-19)20-8-2-7-18-16(20)22/h1,3-4,11,14H,2,5-10H2,(H,18,22). The van der Waals surface area contributed by atoms with Crippen molar-refractivity contribution in [2.24, 2.45) is 0 Å². The molecule has 22 heavy (non-hydrogen) atoms. The fraction of sp³-hybridized carbons (Fsp3) is 0.500. The number of rotatable bonds is 2. The molecule has 0 saturated carbocycles. The Bertz CT molecular complexity index is 570. The van der Waals surface area contributed by atoms with E-state index in [1.165, 1.54) is 0 Å². The molecule has 1 aromatic carbocycles. The van der Waals surface area contributed by atoms with E-state index in [1.807, 2.05) is 9.80 Å². The van der Waals surface area contributed by atoms with Crippen molar-refractivity contribution in [3.8, 4) is 0 Å². The van der Waals surface area contributed by atoms with E-state index in [0.29, 0.717) is 23.7 Å². The molecular weight excluding hydrogens is 302 g/mol. The minimum Gasteiger partial charge on any atom is -0.338 e. The number of benzene rings is 1. The van der Waals surface area contributed by atoms with Gasteiger partial charge in [-0.2, -0.15) is 0 Å². The summed E-state index contributed by atoms with van der Waals surface area (Å²) in [7, 11) is 0. The minimum absolute atomic E-state index is 0.0176. The number of amides is 3. The van der Waals surface area contributed by atoms with E-state index < -0.39 is 0 Å². The molecule has 2 saturated heterocycles. The fourth-order valence-electron chi connectivity index (χ4n) is 3.18. The van der Waals surface area contributed by atoms with Crippen molar-refractivity contribution in [3.63, 3.8) is 0 Å². The molecule has 0 bridgehead atoms. The first-order valence-electron chi connectivity index (χ1n) is 7.74. The molecule has 2 aliphatic rings. The lowest BCUT2D eigenvalue weighted by atomic mass is 10.0. The Labute approximate surface area is 135 Å². The highest BCUT2D eigenvalue weighted by Crippen LogP contribution is 2.21. The number of halogens is 1. The van der Waals surface area contributed by atoms with Crippen LogP contribution in [-0.2, 0) is 0 Å². The quantitative estimate of drug-likeness (QED) is 0.909. The molecule has 3 amide bonds. The van der Waals surface area contributed by atoms with E-state index in [-0.39, 0.29) is 18.0 Å². The number of carbonyl (C=O) groups excluding carboxylic acids is 2. The van der Waals surface area contributed by atoms with Crippen LogP contribution < -0.4 is 5.32 Å². The number of nitrogens with one attached hydrogen (secondary N) is 1. The second kappa shape index (κ2) is 6.57. The molecule has 0 aromatic heterocycles. The van der Waals surface area contributed by atoms with Crippen molar-refractivity contribution in [2.45, 2.75) is 25.3 Å². The minimum atomic E-state index is 0.0176. The van der Waals surface area contributed by atoms with Gasteiger partial charge in [0.2, 0.25) is 0 Å². The van der Waals surface area contributed by atoms with Crippen molar-refractivity contribution in [2.75, 3.05) is 26.2 Å². The van der Waals surface area contributed by atoms with Gasteiger partial charge in [-0.05, 0) is 37.5 Å². The van der Waals surface area contributed by atoms with Crippen LogP contribution in [0.4, 0.5) is 4.79 Å². The molecule has 0 aliphatic carbocycles. The van der Waals surface area contributed by atoms with Gasteiger partial charge in [-0.25, -0.2) is 4.79 Å². The van der Waals surface area contributed by atoms with Crippen LogP contribution in [0.2, 0.25) is 5.02 Å². The van der Waals surface area contributed by atoms with Crippen LogP contribution in [0.25, 0.3) is 0 Å². The zero-order chi connectivity index (χ0) is 15.5. The monoisotopic (exact) mass is 321 g/mol. The SMILES string of the molecule is O=C(c1cccc(Cl)c1)N1CCC(N2CCCNC2=O)CC1. The maximum Gasteiger partial charge on any atom is 0.317 e. The summed E-state index contributed by atoms with van der Waals surface area (Å²) in [6.45, 7) is 2.94. The average Bonchev–Trinajstić information content (AvgIpc) is 2.55. The average molecular weight is 322 g/mol. The first kappa shape index (κ1) is 15.2. The van der Waals surface area contributed by atoms with E-state index in [2.05, 4.69) is 5.32 Å². The number of carbonyl (C=O) groups is 2. The van der Waals surface area contributed by atoms with Gasteiger partial charge in [-0.15, -0.1) is 0 Å². The number of nitrogens with zero attached hydrogens (tertiary/aromatic N) is 2. The van der Waals surface area contributed by atoms with Crippen molar-refractivity contribution in [1.82, 2.24) is 15.1 Å². The number of likely N-dealkylation sites (tertiary alicyclic amines) is 1. The summed E-state index contributed by atoms with van der Waals surface area (Å²) in [4.78, 5) is 28.1. The summed E-state index contributed by atoms with van der Waals surface area (Å²) < 4.78 is 0. The molecule has 2 fully saturated rings. The van der Waals surface area contributed by atoms with Gasteiger partial charge >= 0.3 is 6.03 Å². The second-order valence-corrected chi connectivity index (χ2v) is 6.25. The molecule has 118 valence electrons. The fourth-order valence-corrected chi connectivity index (χ4v) is 3.37. The van der Waals surface area contributed by atoms with Crippen LogP contribution in [0, 0.1) is 0 Å². The van der Waals surface area contributed by atoms with Crippen molar-refractivity contribution >= 4 is 23.5 Å². The number of urea groups is 1. The summed E-state index contributed by atoms with van der Waals surface area (Å²) in [5.41, 5.74) is 0.627. The third-order valence-electron chi connectivity index (χ3n) is 4.38. The van der Waals surface area contributed by atoms with Gasteiger partial charge in [-0.3, -0.25) is 4.79 Å². The Morgan fingerprint density at radius 1 is 1.23 bits per heavy atom. The number of hydrogen-bond acceptors (Lipinski definition) is 2. The zero-order valence-electron chi connectivity index (χ0n) is 12.4. The maximum atomic E-state index is 12.5. The van der Waals surface area contributed by atoms with Crippen molar-refractivity contribution < 1.29 is 9.59 Å². The van der Waals surface area contributed by atoms with Gasteiger partial charge in [0.15, 0.2) is 0 Å². The summed E-state index contributed by atoms with van der Waals surface area (Å²) in [5, 5.41) is 3.46. The van der Waals surface area contributed by atoms with E-state index in [0.717, 1.165) is 32.4 Å². The third-order valence-corrected chi connectivity index (χ3v) is 4.61. The van der Waals surface area contributed by atoms with E-state index in [4.69, 9.17) is 11.6 Å². The van der Waals surface area contributed by atoms with Crippen molar-refractivity contribution in [3.05, 3.63) is 34.9 Å². The molecule has 5 nitrogen and oxygen atoms in total. The highest BCUT2D eigenvalue weighted by Gasteiger charge is 2.31. The van der Waals surface area contributed by atoms with Gasteiger partial charge in [0.05, 0.1) is 0 Å². The van der Waals surface area contributed by atoms with Gasteiger partial charge in [0.25, 0.3) is 5.91 Å². The molecule has 1 N–H and O–H groups in total. The topological polar surface area (TPSA) is 52.7 Å². The van der Waals surface area contributed by atoms with Crippen LogP contribution in [0.15, 0.2) is 24.3 Å². The van der Waals surface area contributed by atoms with Crippen LogP contribution >= 0.6 is 11.6 Å². The Hall–Kier alpha value is -1.75. The van der Waals surface area contributed by atoms with Crippen LogP contribution in [0.5, 0.6) is 0 Å². The molecule has 0 spiro atoms. The summed E-state index contributed by atoms with van der Waals surface area (Å²) in [6, 6.07) is 7.32. The summed E-state index contributed by atoms with van der Waals surface area (Å²) in [6.07, 6.45) is 2.66. The Morgan fingerprint density at radius 2 is 2.00 bits per heavy atom. The largest absolute Gasteiger partial charge is 0.338 e. The summed E-state index contributed by atoms with van der Waals surface area (Å²) >= 11 is 5.95. The lowest BCUT2D eigenvalue weighted by molar-refractivity contribution is 0.0642. The van der Waals surface area contributed by atoms with E-state index in [1.54, 1.807) is 24.3 Å². The molecule has 2 heterocycles. The highest BCUT2D eigenvalue weighted by atomic mass is 35.5. The Morgan fingerprint density at radius 3 is 2.68 bits per heavy atom. The van der Waals surface area contributed by atoms with Crippen LogP contribution in [0.1, 0.15) is 29.6 Å². The van der Waals surface area contributed by atoms with E-state index in [9.17, 15) is 9.59 Å². The molecule has 1 aromatic rings. The smallest absolute Gasteiger partial charge is 0.317 e. The Kier molecular flexibility index (Phi) is 4.52. The lowest BCUT2D eigenvalue weighted by Crippen LogP contribution is -2.54. The van der Waals surface area contributed by atoms with Gasteiger partial charge < -0.3 is 15.1 Å². The number of piperidine rings is 1. The van der Waals surface area contributed by atoms with E-state index >= 15 is 0 Å². The predicted molar refractivity (Wildman–Crippen MR) is 85.1 cm³/mol. The summed E-state index contributed by atoms with van der Waals surface area (Å²) in [5.74, 6) is 0.0176. The lowest BCUT2D eigenvalue weighted by Gasteiger charge is -2.40. The maximum absolute atomic E-state index is 12.5. The van der Waals surface area contributed by atoms with Crippen molar-refractivity contribution in [1.29, 1.82) is 0 Å². The highest BCUT2D eigenvalue weighted by molar-refractivity contribution is 6.30. The zero-order valence-corrected chi connectivity index (χ0v) is 13.2. The van der Waals surface area contributed by atoms with Gasteiger partial charge in [-0.1, -0.05) is 17.7 Å². The van der Waals surface area contributed by atoms with Gasteiger partial charge in [0.1, 0.15) is 0 Å². The Balaban J connectivity index is 1.59. The normalized spacial score (nSPS) is 20.0. The first-order chi connectivity index (χ1) is 10.6. The molecular formula is C16H20ClN3O2.